The molecule has 0 atom stereocenters. The lowest BCUT2D eigenvalue weighted by molar-refractivity contribution is -0.116. The number of thiophene rings is 2. The van der Waals surface area contributed by atoms with Crippen LogP contribution >= 0.6 is 22.7 Å². The molecule has 5 nitrogen and oxygen atoms in total. The van der Waals surface area contributed by atoms with Crippen LogP contribution in [0, 0.1) is 6.92 Å². The zero-order chi connectivity index (χ0) is 16.1. The number of anilines is 1. The van der Waals surface area contributed by atoms with Crippen LogP contribution in [-0.2, 0) is 11.3 Å². The summed E-state index contributed by atoms with van der Waals surface area (Å²) in [6.45, 7) is 3.58. The highest BCUT2D eigenvalue weighted by Gasteiger charge is 2.13. The van der Waals surface area contributed by atoms with Crippen molar-refractivity contribution in [3.05, 3.63) is 38.9 Å². The molecule has 22 heavy (non-hydrogen) atoms. The highest BCUT2D eigenvalue weighted by atomic mass is 32.1. The number of rotatable bonds is 7. The zero-order valence-electron chi connectivity index (χ0n) is 12.6. The molecule has 2 rings (SSSR count). The lowest BCUT2D eigenvalue weighted by Crippen LogP contribution is -2.24. The number of hydrogen-bond donors (Lipinski definition) is 2. The molecular weight excluding hydrogens is 318 g/mol. The standard InChI is InChI=1S/C15H19N3O2S2/c1-10-4-7-21-12(10)9-18(2)6-3-13(19)17-15-11(14(16)20)5-8-22-15/h4-5,7-8H,3,6,9H2,1-2H3,(H2,16,20)(H,17,19). The number of aryl methyl sites for hydroxylation is 1. The molecule has 0 aliphatic heterocycles. The van der Waals surface area contributed by atoms with E-state index in [1.807, 2.05) is 7.05 Å². The van der Waals surface area contributed by atoms with Gasteiger partial charge in [0.15, 0.2) is 0 Å². The van der Waals surface area contributed by atoms with Crippen molar-refractivity contribution in [1.82, 2.24) is 4.90 Å². The molecule has 118 valence electrons. The van der Waals surface area contributed by atoms with E-state index < -0.39 is 5.91 Å². The van der Waals surface area contributed by atoms with Gasteiger partial charge in [0.1, 0.15) is 5.00 Å². The van der Waals surface area contributed by atoms with Crippen molar-refractivity contribution in [1.29, 1.82) is 0 Å². The van der Waals surface area contributed by atoms with Gasteiger partial charge in [0.2, 0.25) is 5.91 Å². The van der Waals surface area contributed by atoms with E-state index in [1.54, 1.807) is 22.8 Å². The fourth-order valence-electron chi connectivity index (χ4n) is 1.97. The van der Waals surface area contributed by atoms with E-state index in [0.717, 1.165) is 6.54 Å². The van der Waals surface area contributed by atoms with E-state index in [0.29, 0.717) is 23.5 Å². The summed E-state index contributed by atoms with van der Waals surface area (Å²) in [5.41, 5.74) is 6.90. The van der Waals surface area contributed by atoms with Crippen LogP contribution in [0.3, 0.4) is 0 Å². The number of nitrogens with one attached hydrogen (secondary N) is 1. The molecule has 0 saturated heterocycles. The zero-order valence-corrected chi connectivity index (χ0v) is 14.2. The molecule has 0 unspecified atom stereocenters. The minimum atomic E-state index is -0.526. The van der Waals surface area contributed by atoms with Crippen LogP contribution in [0.25, 0.3) is 0 Å². The summed E-state index contributed by atoms with van der Waals surface area (Å²) >= 11 is 3.03. The lowest BCUT2D eigenvalue weighted by Gasteiger charge is -2.16. The van der Waals surface area contributed by atoms with Crippen LogP contribution in [0.15, 0.2) is 22.9 Å². The summed E-state index contributed by atoms with van der Waals surface area (Å²) in [6, 6.07) is 3.72. The molecule has 0 bridgehead atoms. The topological polar surface area (TPSA) is 75.4 Å². The third kappa shape index (κ3) is 4.40. The first-order valence-electron chi connectivity index (χ1n) is 6.86. The first-order chi connectivity index (χ1) is 10.5. The largest absolute Gasteiger partial charge is 0.366 e. The molecule has 0 aliphatic rings. The summed E-state index contributed by atoms with van der Waals surface area (Å²) in [5, 5.41) is 7.09. The highest BCUT2D eigenvalue weighted by Crippen LogP contribution is 2.23. The number of amides is 2. The van der Waals surface area contributed by atoms with Crippen LogP contribution in [0.2, 0.25) is 0 Å². The second-order valence-corrected chi connectivity index (χ2v) is 7.01. The Hall–Kier alpha value is -1.70. The summed E-state index contributed by atoms with van der Waals surface area (Å²) < 4.78 is 0. The maximum absolute atomic E-state index is 12.0. The van der Waals surface area contributed by atoms with Crippen molar-refractivity contribution in [2.75, 3.05) is 18.9 Å². The normalized spacial score (nSPS) is 10.9. The molecule has 0 fully saturated rings. The predicted octanol–water partition coefficient (Wildman–Crippen LogP) is 2.68. The van der Waals surface area contributed by atoms with Gasteiger partial charge in [-0.1, -0.05) is 0 Å². The molecule has 2 aromatic heterocycles. The minimum absolute atomic E-state index is 0.111. The van der Waals surface area contributed by atoms with Crippen LogP contribution < -0.4 is 11.1 Å². The Morgan fingerprint density at radius 3 is 2.64 bits per heavy atom. The lowest BCUT2D eigenvalue weighted by atomic mass is 10.2. The summed E-state index contributed by atoms with van der Waals surface area (Å²) in [6.07, 6.45) is 0.372. The highest BCUT2D eigenvalue weighted by molar-refractivity contribution is 7.14. The summed E-state index contributed by atoms with van der Waals surface area (Å²) in [7, 11) is 1.99. The Balaban J connectivity index is 1.81. The third-order valence-corrected chi connectivity index (χ3v) is 5.12. The molecule has 0 saturated carbocycles. The predicted molar refractivity (Wildman–Crippen MR) is 91.5 cm³/mol. The number of carbonyl (C=O) groups excluding carboxylic acids is 2. The molecule has 2 amide bonds. The van der Waals surface area contributed by atoms with Crippen molar-refractivity contribution in [2.45, 2.75) is 19.9 Å². The first kappa shape index (κ1) is 16.7. The molecule has 7 heteroatoms. The van der Waals surface area contributed by atoms with Gasteiger partial charge in [0, 0.05) is 24.4 Å². The number of hydrogen-bond acceptors (Lipinski definition) is 5. The van der Waals surface area contributed by atoms with Crippen LogP contribution in [-0.4, -0.2) is 30.3 Å². The molecular formula is C15H19N3O2S2. The van der Waals surface area contributed by atoms with E-state index in [4.69, 9.17) is 5.73 Å². The Morgan fingerprint density at radius 1 is 1.27 bits per heavy atom. The maximum Gasteiger partial charge on any atom is 0.251 e. The Labute approximate surface area is 137 Å². The van der Waals surface area contributed by atoms with Gasteiger partial charge in [-0.3, -0.25) is 9.59 Å². The number of nitrogens with zero attached hydrogens (tertiary/aromatic N) is 1. The van der Waals surface area contributed by atoms with Crippen molar-refractivity contribution in [2.24, 2.45) is 5.73 Å². The second-order valence-electron chi connectivity index (χ2n) is 5.09. The minimum Gasteiger partial charge on any atom is -0.366 e. The van der Waals surface area contributed by atoms with Gasteiger partial charge in [-0.05, 0) is 42.4 Å². The van der Waals surface area contributed by atoms with Gasteiger partial charge in [-0.2, -0.15) is 0 Å². The van der Waals surface area contributed by atoms with Gasteiger partial charge in [-0.15, -0.1) is 22.7 Å². The van der Waals surface area contributed by atoms with Gasteiger partial charge >= 0.3 is 0 Å². The van der Waals surface area contributed by atoms with Crippen molar-refractivity contribution >= 4 is 39.5 Å². The van der Waals surface area contributed by atoms with Crippen molar-refractivity contribution in [3.8, 4) is 0 Å². The molecule has 2 aromatic rings. The van der Waals surface area contributed by atoms with E-state index in [9.17, 15) is 9.59 Å². The monoisotopic (exact) mass is 337 g/mol. The van der Waals surface area contributed by atoms with Crippen LogP contribution in [0.4, 0.5) is 5.00 Å². The van der Waals surface area contributed by atoms with Gasteiger partial charge in [0.05, 0.1) is 5.56 Å². The molecule has 0 aliphatic carbocycles. The smallest absolute Gasteiger partial charge is 0.251 e. The first-order valence-corrected chi connectivity index (χ1v) is 8.62. The van der Waals surface area contributed by atoms with Crippen molar-refractivity contribution < 1.29 is 9.59 Å². The Kier molecular flexibility index (Phi) is 5.70. The molecule has 0 aromatic carbocycles. The molecule has 3 N–H and O–H groups in total. The summed E-state index contributed by atoms with van der Waals surface area (Å²) in [4.78, 5) is 26.6. The fraction of sp³-hybridized carbons (Fsp3) is 0.333. The number of carbonyl (C=O) groups is 2. The molecule has 0 spiro atoms. The second kappa shape index (κ2) is 7.53. The third-order valence-electron chi connectivity index (χ3n) is 3.29. The maximum atomic E-state index is 12.0. The van der Waals surface area contributed by atoms with Crippen LogP contribution in [0.5, 0.6) is 0 Å². The Bertz CT molecular complexity index is 663. The molecule has 0 radical (unpaired) electrons. The van der Waals surface area contributed by atoms with Gasteiger partial charge in [-0.25, -0.2) is 0 Å². The fourth-order valence-corrected chi connectivity index (χ4v) is 3.77. The summed E-state index contributed by atoms with van der Waals surface area (Å²) in [5.74, 6) is -0.637. The number of nitrogens with two attached hydrogens (primary N) is 1. The van der Waals surface area contributed by atoms with E-state index in [2.05, 4.69) is 28.6 Å². The average Bonchev–Trinajstić information content (AvgIpc) is 3.06. The Morgan fingerprint density at radius 2 is 2.00 bits per heavy atom. The SMILES string of the molecule is Cc1ccsc1CN(C)CCC(=O)Nc1sccc1C(N)=O. The van der Waals surface area contributed by atoms with E-state index in [1.165, 1.54) is 21.8 Å². The van der Waals surface area contributed by atoms with E-state index in [-0.39, 0.29) is 5.91 Å². The van der Waals surface area contributed by atoms with Gasteiger partial charge < -0.3 is 16.0 Å². The van der Waals surface area contributed by atoms with E-state index >= 15 is 0 Å². The average molecular weight is 337 g/mol. The van der Waals surface area contributed by atoms with Crippen LogP contribution in [0.1, 0.15) is 27.2 Å². The quantitative estimate of drug-likeness (QED) is 0.815. The number of primary amides is 1. The van der Waals surface area contributed by atoms with Gasteiger partial charge in [0.25, 0.3) is 5.91 Å². The van der Waals surface area contributed by atoms with Crippen molar-refractivity contribution in [3.63, 3.8) is 0 Å². The molecule has 2 heterocycles.